The third kappa shape index (κ3) is 55.3. The van der Waals surface area contributed by atoms with Crippen molar-refractivity contribution in [2.75, 3.05) is 13.2 Å². The van der Waals surface area contributed by atoms with Gasteiger partial charge in [0.05, 0.1) is 0 Å². The summed E-state index contributed by atoms with van der Waals surface area (Å²) in [5, 5.41) is 0. The second-order valence-corrected chi connectivity index (χ2v) is 21.3. The van der Waals surface area contributed by atoms with E-state index < -0.39 is 6.10 Å². The molecule has 6 heteroatoms. The number of hydrogen-bond donors (Lipinski definition) is 0. The maximum Gasteiger partial charge on any atom is 0.306 e. The molecule has 68 heavy (non-hydrogen) atoms. The van der Waals surface area contributed by atoms with E-state index in [-0.39, 0.29) is 31.1 Å². The highest BCUT2D eigenvalue weighted by Gasteiger charge is 2.19. The lowest BCUT2D eigenvalue weighted by molar-refractivity contribution is -0.167. The van der Waals surface area contributed by atoms with Gasteiger partial charge in [0.2, 0.25) is 0 Å². The van der Waals surface area contributed by atoms with Crippen LogP contribution < -0.4 is 0 Å². The molecule has 0 N–H and O–H groups in total. The molecule has 0 aromatic rings. The molecular formula is C62H120O6. The van der Waals surface area contributed by atoms with E-state index in [0.717, 1.165) is 57.8 Å². The van der Waals surface area contributed by atoms with Crippen molar-refractivity contribution in [1.82, 2.24) is 0 Å². The number of carbonyl (C=O) groups is 3. The lowest BCUT2D eigenvalue weighted by Gasteiger charge is -2.18. The molecule has 0 aliphatic carbocycles. The third-order valence-electron chi connectivity index (χ3n) is 14.4. The van der Waals surface area contributed by atoms with Crippen LogP contribution in [0.25, 0.3) is 0 Å². The monoisotopic (exact) mass is 961 g/mol. The molecule has 1 unspecified atom stereocenters. The molecule has 6 nitrogen and oxygen atoms in total. The Balaban J connectivity index is 3.91. The van der Waals surface area contributed by atoms with Crippen LogP contribution in [-0.4, -0.2) is 37.2 Å². The number of esters is 3. The Labute approximate surface area is 425 Å². The van der Waals surface area contributed by atoms with Gasteiger partial charge in [0.1, 0.15) is 13.2 Å². The average molecular weight is 962 g/mol. The predicted octanol–water partition coefficient (Wildman–Crippen LogP) is 20.7. The lowest BCUT2D eigenvalue weighted by atomic mass is 10.0. The van der Waals surface area contributed by atoms with Crippen molar-refractivity contribution in [2.45, 2.75) is 367 Å². The summed E-state index contributed by atoms with van der Waals surface area (Å²) in [5.41, 5.74) is 0. The summed E-state index contributed by atoms with van der Waals surface area (Å²) in [4.78, 5) is 37.9. The fourth-order valence-electron chi connectivity index (χ4n) is 9.68. The summed E-state index contributed by atoms with van der Waals surface area (Å²) in [6.07, 6.45) is 65.8. The van der Waals surface area contributed by atoms with Gasteiger partial charge >= 0.3 is 17.9 Å². The van der Waals surface area contributed by atoms with Gasteiger partial charge in [-0.1, -0.05) is 323 Å². The first kappa shape index (κ1) is 66.4. The Kier molecular flexibility index (Phi) is 56.6. The molecule has 0 amide bonds. The summed E-state index contributed by atoms with van der Waals surface area (Å²) < 4.78 is 16.8. The fraction of sp³-hybridized carbons (Fsp3) is 0.952. The lowest BCUT2D eigenvalue weighted by Crippen LogP contribution is -2.30. The maximum absolute atomic E-state index is 12.8. The first-order valence-electron chi connectivity index (χ1n) is 31.0. The molecule has 0 aromatic heterocycles. The van der Waals surface area contributed by atoms with Gasteiger partial charge in [0.15, 0.2) is 6.10 Å². The summed E-state index contributed by atoms with van der Waals surface area (Å²) >= 11 is 0. The minimum Gasteiger partial charge on any atom is -0.462 e. The number of carbonyl (C=O) groups excluding carboxylic acids is 3. The van der Waals surface area contributed by atoms with Crippen molar-refractivity contribution in [3.05, 3.63) is 0 Å². The molecule has 0 spiro atoms. The minimum atomic E-state index is -0.759. The standard InChI is InChI=1S/C62H120O6/c1-4-7-10-13-16-19-21-22-23-24-25-26-27-28-29-30-31-32-33-34-35-36-37-38-39-40-42-43-46-49-52-55-61(64)67-58-59(57-66-60(63)54-51-48-45-18-15-12-9-6-3)68-62(65)56-53-50-47-44-41-20-17-14-11-8-5-2/h59H,4-58H2,1-3H3. The fourth-order valence-corrected chi connectivity index (χ4v) is 9.68. The molecule has 0 radical (unpaired) electrons. The van der Waals surface area contributed by atoms with Gasteiger partial charge in [-0.3, -0.25) is 14.4 Å². The van der Waals surface area contributed by atoms with Gasteiger partial charge in [0.25, 0.3) is 0 Å². The number of hydrogen-bond acceptors (Lipinski definition) is 6. The Bertz CT molecular complexity index is 1010. The van der Waals surface area contributed by atoms with Crippen molar-refractivity contribution in [1.29, 1.82) is 0 Å². The van der Waals surface area contributed by atoms with E-state index in [1.54, 1.807) is 0 Å². The average Bonchev–Trinajstić information content (AvgIpc) is 3.34. The molecule has 0 saturated heterocycles. The second kappa shape index (κ2) is 58.0. The molecule has 1 atom stereocenters. The van der Waals surface area contributed by atoms with Gasteiger partial charge in [-0.25, -0.2) is 0 Å². The highest BCUT2D eigenvalue weighted by Crippen LogP contribution is 2.18. The van der Waals surface area contributed by atoms with Crippen molar-refractivity contribution in [3.8, 4) is 0 Å². The normalized spacial score (nSPS) is 11.9. The van der Waals surface area contributed by atoms with Crippen molar-refractivity contribution < 1.29 is 28.6 Å². The van der Waals surface area contributed by atoms with Crippen LogP contribution in [0.5, 0.6) is 0 Å². The molecule has 0 rings (SSSR count). The first-order chi connectivity index (χ1) is 33.5. The Hall–Kier alpha value is -1.59. The first-order valence-corrected chi connectivity index (χ1v) is 31.0. The van der Waals surface area contributed by atoms with E-state index in [1.165, 1.54) is 263 Å². The zero-order valence-electron chi connectivity index (χ0n) is 46.4. The van der Waals surface area contributed by atoms with Gasteiger partial charge in [-0.2, -0.15) is 0 Å². The van der Waals surface area contributed by atoms with Gasteiger partial charge in [-0.05, 0) is 19.3 Å². The number of rotatable bonds is 58. The Morgan fingerprint density at radius 2 is 0.397 bits per heavy atom. The Morgan fingerprint density at radius 3 is 0.588 bits per heavy atom. The topological polar surface area (TPSA) is 78.9 Å². The van der Waals surface area contributed by atoms with Gasteiger partial charge in [-0.15, -0.1) is 0 Å². The zero-order valence-corrected chi connectivity index (χ0v) is 46.4. The summed E-state index contributed by atoms with van der Waals surface area (Å²) in [6, 6.07) is 0. The Morgan fingerprint density at radius 1 is 0.235 bits per heavy atom. The van der Waals surface area contributed by atoms with Gasteiger partial charge in [0, 0.05) is 19.3 Å². The number of ether oxygens (including phenoxy) is 3. The summed E-state index contributed by atoms with van der Waals surface area (Å²) in [6.45, 7) is 6.66. The summed E-state index contributed by atoms with van der Waals surface area (Å²) in [7, 11) is 0. The smallest absolute Gasteiger partial charge is 0.306 e. The van der Waals surface area contributed by atoms with Crippen LogP contribution in [-0.2, 0) is 28.6 Å². The molecule has 0 heterocycles. The van der Waals surface area contributed by atoms with Crippen molar-refractivity contribution in [2.24, 2.45) is 0 Å². The third-order valence-corrected chi connectivity index (χ3v) is 14.4. The van der Waals surface area contributed by atoms with Crippen LogP contribution in [0.2, 0.25) is 0 Å². The van der Waals surface area contributed by atoms with E-state index in [4.69, 9.17) is 14.2 Å². The molecule has 0 aromatic carbocycles. The van der Waals surface area contributed by atoms with Crippen LogP contribution in [0.15, 0.2) is 0 Å². The van der Waals surface area contributed by atoms with E-state index >= 15 is 0 Å². The van der Waals surface area contributed by atoms with E-state index in [2.05, 4.69) is 20.8 Å². The maximum atomic E-state index is 12.8. The molecule has 0 saturated carbocycles. The summed E-state index contributed by atoms with van der Waals surface area (Å²) in [5.74, 6) is -0.843. The van der Waals surface area contributed by atoms with Crippen LogP contribution in [0.3, 0.4) is 0 Å². The predicted molar refractivity (Wildman–Crippen MR) is 294 cm³/mol. The molecule has 0 fully saturated rings. The largest absolute Gasteiger partial charge is 0.462 e. The second-order valence-electron chi connectivity index (χ2n) is 21.3. The SMILES string of the molecule is CCCCCCCCCCCCCCCCCCCCCCCCCCCCCCCCCC(=O)OCC(COC(=O)CCCCCCCCCC)OC(=O)CCCCCCCCCCCCC. The molecule has 404 valence electrons. The minimum absolute atomic E-state index is 0.0620. The highest BCUT2D eigenvalue weighted by molar-refractivity contribution is 5.71. The van der Waals surface area contributed by atoms with Gasteiger partial charge < -0.3 is 14.2 Å². The molecular weight excluding hydrogens is 841 g/mol. The van der Waals surface area contributed by atoms with Crippen LogP contribution in [0, 0.1) is 0 Å². The van der Waals surface area contributed by atoms with E-state index in [9.17, 15) is 14.4 Å². The van der Waals surface area contributed by atoms with Crippen molar-refractivity contribution in [3.63, 3.8) is 0 Å². The highest BCUT2D eigenvalue weighted by atomic mass is 16.6. The van der Waals surface area contributed by atoms with E-state index in [0.29, 0.717) is 19.3 Å². The number of unbranched alkanes of at least 4 members (excludes halogenated alkanes) is 47. The van der Waals surface area contributed by atoms with Crippen molar-refractivity contribution >= 4 is 17.9 Å². The van der Waals surface area contributed by atoms with Crippen LogP contribution in [0.4, 0.5) is 0 Å². The molecule has 0 aliphatic rings. The van der Waals surface area contributed by atoms with Crippen LogP contribution >= 0.6 is 0 Å². The molecule has 0 aliphatic heterocycles. The zero-order chi connectivity index (χ0) is 49.3. The molecule has 0 bridgehead atoms. The van der Waals surface area contributed by atoms with Crippen LogP contribution in [0.1, 0.15) is 361 Å². The quantitative estimate of drug-likeness (QED) is 0.0343. The van der Waals surface area contributed by atoms with E-state index in [1.807, 2.05) is 0 Å².